The van der Waals surface area contributed by atoms with Crippen LogP contribution in [0.5, 0.6) is 5.75 Å². The molecule has 2 saturated heterocycles. The fourth-order valence-corrected chi connectivity index (χ4v) is 3.93. The van der Waals surface area contributed by atoms with Gasteiger partial charge in [-0.25, -0.2) is 0 Å². The number of hydrogen-bond acceptors (Lipinski definition) is 4. The van der Waals surface area contributed by atoms with Crippen LogP contribution in [-0.4, -0.2) is 42.3 Å². The molecule has 0 radical (unpaired) electrons. The Kier molecular flexibility index (Phi) is 5.58. The van der Waals surface area contributed by atoms with Gasteiger partial charge in [0.05, 0.1) is 19.1 Å². The Morgan fingerprint density at radius 1 is 1.21 bits per heavy atom. The maximum atomic E-state index is 10.9. The van der Waals surface area contributed by atoms with E-state index in [1.54, 1.807) is 0 Å². The molecule has 0 aliphatic carbocycles. The average Bonchev–Trinajstić information content (AvgIpc) is 2.57. The van der Waals surface area contributed by atoms with Crippen molar-refractivity contribution in [2.45, 2.75) is 26.0 Å². The Labute approximate surface area is 169 Å². The largest absolute Gasteiger partial charge is 0.489 e. The van der Waals surface area contributed by atoms with Gasteiger partial charge in [-0.15, -0.1) is 0 Å². The van der Waals surface area contributed by atoms with E-state index in [1.807, 2.05) is 25.1 Å². The van der Waals surface area contributed by atoms with Crippen molar-refractivity contribution in [3.8, 4) is 5.75 Å². The van der Waals surface area contributed by atoms with Crippen LogP contribution >= 0.6 is 11.6 Å². The van der Waals surface area contributed by atoms with Gasteiger partial charge >= 0.3 is 5.97 Å². The lowest BCUT2D eigenvalue weighted by molar-refractivity contribution is -0.147. The molecule has 6 heteroatoms. The van der Waals surface area contributed by atoms with E-state index >= 15 is 0 Å². The van der Waals surface area contributed by atoms with Crippen LogP contribution in [0.1, 0.15) is 28.2 Å². The molecule has 0 spiro atoms. The van der Waals surface area contributed by atoms with Crippen molar-refractivity contribution in [2.24, 2.45) is 5.92 Å². The van der Waals surface area contributed by atoms with E-state index in [0.29, 0.717) is 25.6 Å². The van der Waals surface area contributed by atoms with Crippen molar-refractivity contribution in [1.29, 1.82) is 0 Å². The van der Waals surface area contributed by atoms with Crippen molar-refractivity contribution in [3.05, 3.63) is 63.7 Å². The Balaban J connectivity index is 1.34. The Morgan fingerprint density at radius 3 is 2.61 bits per heavy atom. The van der Waals surface area contributed by atoms with Gasteiger partial charge in [0.25, 0.3) is 0 Å². The molecule has 2 aromatic rings. The van der Waals surface area contributed by atoms with Crippen LogP contribution in [0.15, 0.2) is 36.4 Å². The van der Waals surface area contributed by atoms with E-state index in [4.69, 9.17) is 26.2 Å². The zero-order chi connectivity index (χ0) is 19.7. The van der Waals surface area contributed by atoms with Gasteiger partial charge in [0.15, 0.2) is 0 Å². The summed E-state index contributed by atoms with van der Waals surface area (Å²) in [7, 11) is 0. The minimum atomic E-state index is -0.702. The summed E-state index contributed by atoms with van der Waals surface area (Å²) in [6, 6.07) is 12.2. The van der Waals surface area contributed by atoms with Crippen LogP contribution < -0.4 is 4.74 Å². The number of aliphatic carboxylic acids is 1. The maximum Gasteiger partial charge on any atom is 0.309 e. The second-order valence-corrected chi connectivity index (χ2v) is 8.12. The van der Waals surface area contributed by atoms with Crippen molar-refractivity contribution >= 4 is 17.6 Å². The summed E-state index contributed by atoms with van der Waals surface area (Å²) in [5.74, 6) is 0.320. The average molecular weight is 402 g/mol. The molecule has 2 aliphatic heterocycles. The topological polar surface area (TPSA) is 59.0 Å². The summed E-state index contributed by atoms with van der Waals surface area (Å²) in [6.45, 7) is 6.01. The normalized spacial score (nSPS) is 17.8. The minimum Gasteiger partial charge on any atom is -0.489 e. The molecule has 4 rings (SSSR count). The van der Waals surface area contributed by atoms with Crippen molar-refractivity contribution in [1.82, 2.24) is 4.90 Å². The monoisotopic (exact) mass is 401 g/mol. The van der Waals surface area contributed by atoms with Gasteiger partial charge < -0.3 is 14.6 Å². The summed E-state index contributed by atoms with van der Waals surface area (Å²) in [5, 5.41) is 9.76. The molecule has 0 bridgehead atoms. The van der Waals surface area contributed by atoms with E-state index in [-0.39, 0.29) is 5.92 Å². The molecule has 0 aromatic heterocycles. The molecule has 148 valence electrons. The second kappa shape index (κ2) is 8.11. The molecular weight excluding hydrogens is 378 g/mol. The van der Waals surface area contributed by atoms with Crippen LogP contribution in [0.4, 0.5) is 0 Å². The minimum absolute atomic E-state index is 0.223. The molecule has 2 fully saturated rings. The van der Waals surface area contributed by atoms with Gasteiger partial charge in [-0.1, -0.05) is 35.9 Å². The number of nitrogens with zero attached hydrogens (tertiary/aromatic N) is 1. The van der Waals surface area contributed by atoms with Gasteiger partial charge in [0, 0.05) is 30.6 Å². The van der Waals surface area contributed by atoms with Crippen LogP contribution in [-0.2, 0) is 22.7 Å². The predicted molar refractivity (Wildman–Crippen MR) is 107 cm³/mol. The third-order valence-electron chi connectivity index (χ3n) is 5.48. The summed E-state index contributed by atoms with van der Waals surface area (Å²) in [5.41, 5.74) is 4.48. The number of carboxylic acid groups (broad SMARTS) is 1. The lowest BCUT2D eigenvalue weighted by atomic mass is 9.96. The van der Waals surface area contributed by atoms with Crippen LogP contribution in [0, 0.1) is 12.8 Å². The first-order chi connectivity index (χ1) is 13.5. The molecule has 1 N–H and O–H groups in total. The highest BCUT2D eigenvalue weighted by atomic mass is 35.5. The predicted octanol–water partition coefficient (Wildman–Crippen LogP) is 3.86. The molecule has 0 atom stereocenters. The second-order valence-electron chi connectivity index (χ2n) is 7.71. The van der Waals surface area contributed by atoms with Crippen molar-refractivity contribution in [2.75, 3.05) is 26.3 Å². The van der Waals surface area contributed by atoms with E-state index in [9.17, 15) is 4.79 Å². The first-order valence-corrected chi connectivity index (χ1v) is 9.91. The third kappa shape index (κ3) is 4.17. The zero-order valence-corrected chi connectivity index (χ0v) is 16.6. The fraction of sp³-hybridized carbons (Fsp3) is 0.409. The van der Waals surface area contributed by atoms with Gasteiger partial charge in [-0.2, -0.15) is 0 Å². The number of carbonyl (C=O) groups is 1. The van der Waals surface area contributed by atoms with Crippen molar-refractivity contribution in [3.63, 3.8) is 0 Å². The Morgan fingerprint density at radius 2 is 1.96 bits per heavy atom. The molecule has 28 heavy (non-hydrogen) atoms. The zero-order valence-electron chi connectivity index (χ0n) is 15.9. The number of halogens is 1. The Bertz CT molecular complexity index is 875. The molecule has 2 heterocycles. The highest BCUT2D eigenvalue weighted by Crippen LogP contribution is 2.31. The van der Waals surface area contributed by atoms with Gasteiger partial charge in [-0.3, -0.25) is 9.69 Å². The number of carboxylic acids is 1. The summed E-state index contributed by atoms with van der Waals surface area (Å²) in [6.07, 6.45) is 0. The number of hydrogen-bond donors (Lipinski definition) is 1. The lowest BCUT2D eigenvalue weighted by Gasteiger charge is -2.36. The molecule has 2 aromatic carbocycles. The summed E-state index contributed by atoms with van der Waals surface area (Å²) in [4.78, 5) is 13.1. The highest BCUT2D eigenvalue weighted by Gasteiger charge is 2.32. The van der Waals surface area contributed by atoms with Crippen LogP contribution in [0.2, 0.25) is 5.02 Å². The molecule has 2 aliphatic rings. The van der Waals surface area contributed by atoms with E-state index in [0.717, 1.165) is 47.2 Å². The number of rotatable bonds is 7. The Hall–Kier alpha value is -2.08. The quantitative estimate of drug-likeness (QED) is 0.763. The van der Waals surface area contributed by atoms with E-state index < -0.39 is 5.97 Å². The number of ether oxygens (including phenoxy) is 2. The molecule has 0 amide bonds. The maximum absolute atomic E-state index is 10.9. The number of aryl methyl sites for hydroxylation is 1. The highest BCUT2D eigenvalue weighted by molar-refractivity contribution is 6.31. The lowest BCUT2D eigenvalue weighted by Crippen LogP contribution is -2.49. The van der Waals surface area contributed by atoms with Crippen LogP contribution in [0.3, 0.4) is 0 Å². The van der Waals surface area contributed by atoms with Gasteiger partial charge in [0.2, 0.25) is 0 Å². The SMILES string of the molecule is Cc1cc(CN2CC(C(=O)O)C2)ccc1OCc1ccc(Cl)c(C2COC2)c1. The number of benzene rings is 2. The summed E-state index contributed by atoms with van der Waals surface area (Å²) >= 11 is 6.32. The third-order valence-corrected chi connectivity index (χ3v) is 5.83. The fourth-order valence-electron chi connectivity index (χ4n) is 3.66. The molecular formula is C22H24ClNO4. The van der Waals surface area contributed by atoms with Crippen LogP contribution in [0.25, 0.3) is 0 Å². The molecule has 5 nitrogen and oxygen atoms in total. The van der Waals surface area contributed by atoms with E-state index in [1.165, 1.54) is 5.56 Å². The first-order valence-electron chi connectivity index (χ1n) is 9.53. The number of likely N-dealkylation sites (tertiary alicyclic amines) is 1. The molecule has 0 saturated carbocycles. The summed E-state index contributed by atoms with van der Waals surface area (Å²) < 4.78 is 11.3. The van der Waals surface area contributed by atoms with Gasteiger partial charge in [0.1, 0.15) is 12.4 Å². The standard InChI is InChI=1S/C22H24ClNO4/c1-14-6-15(8-24-9-17(10-24)22(25)26)3-5-21(14)28-11-16-2-4-20(23)19(7-16)18-12-27-13-18/h2-7,17-18H,8-13H2,1H3,(H,25,26). The molecule has 0 unspecified atom stereocenters. The first kappa shape index (κ1) is 19.2. The smallest absolute Gasteiger partial charge is 0.309 e. The van der Waals surface area contributed by atoms with Gasteiger partial charge in [-0.05, 0) is 41.3 Å². The van der Waals surface area contributed by atoms with E-state index in [2.05, 4.69) is 23.1 Å². The van der Waals surface area contributed by atoms with Crippen molar-refractivity contribution < 1.29 is 19.4 Å².